The molecular weight excluding hydrogens is 488 g/mol. The zero-order valence-corrected chi connectivity index (χ0v) is 24.4. The molecule has 0 spiro atoms. The standard InChI is InChI=1S/C33H46N2O2S/c1-3-5-7-9-10-11-12-13-14-15-17-27-25-34-32(35-26-27)28-19-21-29(22-20-28)37-33(36)31-24-23-30(38-31)18-16-8-6-4-2/h19-26H,3-18H2,1-2H3. The van der Waals surface area contributed by atoms with Crippen LogP contribution in [0.3, 0.4) is 0 Å². The van der Waals surface area contributed by atoms with Gasteiger partial charge in [0.1, 0.15) is 10.6 Å². The molecule has 0 bridgehead atoms. The first-order valence-corrected chi connectivity index (χ1v) is 15.7. The van der Waals surface area contributed by atoms with Crippen molar-refractivity contribution in [2.24, 2.45) is 0 Å². The van der Waals surface area contributed by atoms with Crippen LogP contribution in [0.4, 0.5) is 0 Å². The molecule has 0 aliphatic heterocycles. The lowest BCUT2D eigenvalue weighted by Gasteiger charge is -2.06. The lowest BCUT2D eigenvalue weighted by Crippen LogP contribution is -2.06. The van der Waals surface area contributed by atoms with Gasteiger partial charge in [0.05, 0.1) is 0 Å². The number of hydrogen-bond donors (Lipinski definition) is 0. The molecule has 206 valence electrons. The van der Waals surface area contributed by atoms with Crippen molar-refractivity contribution < 1.29 is 9.53 Å². The van der Waals surface area contributed by atoms with Crippen molar-refractivity contribution in [1.29, 1.82) is 0 Å². The monoisotopic (exact) mass is 534 g/mol. The number of esters is 1. The molecule has 0 atom stereocenters. The molecule has 0 N–H and O–H groups in total. The minimum Gasteiger partial charge on any atom is -0.422 e. The van der Waals surface area contributed by atoms with Crippen molar-refractivity contribution in [2.75, 3.05) is 0 Å². The second-order valence-corrected chi connectivity index (χ2v) is 11.5. The zero-order chi connectivity index (χ0) is 26.8. The molecule has 1 aromatic carbocycles. The van der Waals surface area contributed by atoms with Gasteiger partial charge in [0.15, 0.2) is 5.82 Å². The van der Waals surface area contributed by atoms with Crippen LogP contribution in [0.5, 0.6) is 5.75 Å². The number of aryl methyl sites for hydroxylation is 2. The molecule has 0 fully saturated rings. The van der Waals surface area contributed by atoms with E-state index in [1.807, 2.05) is 48.8 Å². The summed E-state index contributed by atoms with van der Waals surface area (Å²) in [6.45, 7) is 4.49. The van der Waals surface area contributed by atoms with Crippen LogP contribution in [-0.2, 0) is 12.8 Å². The largest absolute Gasteiger partial charge is 0.422 e. The van der Waals surface area contributed by atoms with Gasteiger partial charge in [-0.25, -0.2) is 14.8 Å². The molecule has 38 heavy (non-hydrogen) atoms. The fraction of sp³-hybridized carbons (Fsp3) is 0.545. The number of unbranched alkanes of at least 4 members (excludes halogenated alkanes) is 12. The Hall–Kier alpha value is -2.53. The van der Waals surface area contributed by atoms with Crippen LogP contribution in [0, 0.1) is 0 Å². The Morgan fingerprint density at radius 2 is 1.24 bits per heavy atom. The molecule has 0 saturated heterocycles. The van der Waals surface area contributed by atoms with E-state index in [0.717, 1.165) is 18.4 Å². The van der Waals surface area contributed by atoms with E-state index in [2.05, 4.69) is 23.8 Å². The fourth-order valence-electron chi connectivity index (χ4n) is 4.63. The highest BCUT2D eigenvalue weighted by Gasteiger charge is 2.12. The van der Waals surface area contributed by atoms with E-state index < -0.39 is 0 Å². The Morgan fingerprint density at radius 3 is 1.87 bits per heavy atom. The van der Waals surface area contributed by atoms with Crippen molar-refractivity contribution in [1.82, 2.24) is 9.97 Å². The van der Waals surface area contributed by atoms with Gasteiger partial charge in [0.2, 0.25) is 0 Å². The smallest absolute Gasteiger partial charge is 0.353 e. The first kappa shape index (κ1) is 30.0. The van der Waals surface area contributed by atoms with Crippen molar-refractivity contribution in [3.8, 4) is 17.1 Å². The molecule has 3 aromatic rings. The highest BCUT2D eigenvalue weighted by Crippen LogP contribution is 2.24. The first-order valence-electron chi connectivity index (χ1n) is 14.9. The van der Waals surface area contributed by atoms with Gasteiger partial charge in [-0.05, 0) is 67.6 Å². The minimum absolute atomic E-state index is 0.296. The number of aromatic nitrogens is 2. The van der Waals surface area contributed by atoms with Crippen molar-refractivity contribution >= 4 is 17.3 Å². The third-order valence-corrected chi connectivity index (χ3v) is 8.11. The Bertz CT molecular complexity index is 1040. The highest BCUT2D eigenvalue weighted by atomic mass is 32.1. The number of rotatable bonds is 19. The number of carbonyl (C=O) groups excluding carboxylic acids is 1. The van der Waals surface area contributed by atoms with Gasteiger partial charge in [0, 0.05) is 22.8 Å². The van der Waals surface area contributed by atoms with Gasteiger partial charge in [-0.3, -0.25) is 0 Å². The van der Waals surface area contributed by atoms with Gasteiger partial charge < -0.3 is 4.74 Å². The third kappa shape index (κ3) is 11.1. The number of nitrogens with zero attached hydrogens (tertiary/aromatic N) is 2. The van der Waals surface area contributed by atoms with Crippen LogP contribution in [0.2, 0.25) is 0 Å². The highest BCUT2D eigenvalue weighted by molar-refractivity contribution is 7.13. The van der Waals surface area contributed by atoms with Gasteiger partial charge in [-0.1, -0.05) is 90.9 Å². The topological polar surface area (TPSA) is 52.1 Å². The number of ether oxygens (including phenoxy) is 1. The van der Waals surface area contributed by atoms with Crippen LogP contribution in [-0.4, -0.2) is 15.9 Å². The second kappa shape index (κ2) is 17.9. The first-order chi connectivity index (χ1) is 18.7. The molecule has 3 rings (SSSR count). The van der Waals surface area contributed by atoms with E-state index in [4.69, 9.17) is 4.74 Å². The SMILES string of the molecule is CCCCCCCCCCCCc1cnc(-c2ccc(OC(=O)c3ccc(CCCCCC)s3)cc2)nc1. The number of hydrogen-bond acceptors (Lipinski definition) is 5. The Morgan fingerprint density at radius 1 is 0.684 bits per heavy atom. The summed E-state index contributed by atoms with van der Waals surface area (Å²) in [6.07, 6.45) is 24.3. The summed E-state index contributed by atoms with van der Waals surface area (Å²) in [5.41, 5.74) is 2.11. The molecule has 2 aromatic heterocycles. The fourth-order valence-corrected chi connectivity index (χ4v) is 5.55. The van der Waals surface area contributed by atoms with E-state index in [1.165, 1.54) is 112 Å². The molecule has 0 radical (unpaired) electrons. The molecule has 0 amide bonds. The third-order valence-electron chi connectivity index (χ3n) is 6.99. The Balaban J connectivity index is 1.36. The van der Waals surface area contributed by atoms with Gasteiger partial charge in [0.25, 0.3) is 0 Å². The maximum atomic E-state index is 12.6. The summed E-state index contributed by atoms with van der Waals surface area (Å²) < 4.78 is 5.60. The lowest BCUT2D eigenvalue weighted by molar-refractivity contribution is 0.0740. The van der Waals surface area contributed by atoms with Gasteiger partial charge >= 0.3 is 5.97 Å². The quantitative estimate of drug-likeness (QED) is 0.0872. The van der Waals surface area contributed by atoms with Crippen molar-refractivity contribution in [3.63, 3.8) is 0 Å². The Labute approximate surface area is 234 Å². The van der Waals surface area contributed by atoms with E-state index in [-0.39, 0.29) is 5.97 Å². The van der Waals surface area contributed by atoms with Crippen molar-refractivity contribution in [2.45, 2.75) is 117 Å². The Kier molecular flexibility index (Phi) is 14.1. The molecule has 0 saturated carbocycles. The average molecular weight is 535 g/mol. The minimum atomic E-state index is -0.296. The predicted molar refractivity (Wildman–Crippen MR) is 160 cm³/mol. The van der Waals surface area contributed by atoms with Gasteiger partial charge in [-0.15, -0.1) is 11.3 Å². The zero-order valence-electron chi connectivity index (χ0n) is 23.6. The maximum absolute atomic E-state index is 12.6. The lowest BCUT2D eigenvalue weighted by atomic mass is 10.0. The van der Waals surface area contributed by atoms with Crippen molar-refractivity contribution in [3.05, 3.63) is 64.1 Å². The van der Waals surface area contributed by atoms with Crippen LogP contribution in [0.1, 0.15) is 124 Å². The number of carbonyl (C=O) groups is 1. The number of thiophene rings is 1. The van der Waals surface area contributed by atoms with E-state index in [9.17, 15) is 4.79 Å². The predicted octanol–water partition coefficient (Wildman–Crippen LogP) is 10.0. The molecule has 0 aliphatic carbocycles. The van der Waals surface area contributed by atoms with E-state index in [0.29, 0.717) is 16.5 Å². The molecule has 2 heterocycles. The average Bonchev–Trinajstić information content (AvgIpc) is 3.42. The molecular formula is C33H46N2O2S. The molecule has 5 heteroatoms. The summed E-state index contributed by atoms with van der Waals surface area (Å²) in [5.74, 6) is 0.935. The summed E-state index contributed by atoms with van der Waals surface area (Å²) in [5, 5.41) is 0. The second-order valence-electron chi connectivity index (χ2n) is 10.3. The normalized spacial score (nSPS) is 11.1. The molecule has 4 nitrogen and oxygen atoms in total. The van der Waals surface area contributed by atoms with E-state index in [1.54, 1.807) is 0 Å². The summed E-state index contributed by atoms with van der Waals surface area (Å²) in [6, 6.07) is 11.4. The van der Waals surface area contributed by atoms with Crippen LogP contribution >= 0.6 is 11.3 Å². The van der Waals surface area contributed by atoms with Crippen LogP contribution < -0.4 is 4.74 Å². The molecule has 0 aliphatic rings. The summed E-state index contributed by atoms with van der Waals surface area (Å²) >= 11 is 1.54. The summed E-state index contributed by atoms with van der Waals surface area (Å²) in [7, 11) is 0. The maximum Gasteiger partial charge on any atom is 0.353 e. The summed E-state index contributed by atoms with van der Waals surface area (Å²) in [4.78, 5) is 23.6. The van der Waals surface area contributed by atoms with Crippen LogP contribution in [0.15, 0.2) is 48.8 Å². The van der Waals surface area contributed by atoms with Crippen LogP contribution in [0.25, 0.3) is 11.4 Å². The molecule has 0 unspecified atom stereocenters. The number of benzene rings is 1. The van der Waals surface area contributed by atoms with Gasteiger partial charge in [-0.2, -0.15) is 0 Å². The van der Waals surface area contributed by atoms with E-state index >= 15 is 0 Å².